The molecule has 0 amide bonds. The molecular weight excluding hydrogens is 228 g/mol. The molecule has 1 aliphatic carbocycles. The van der Waals surface area contributed by atoms with Gasteiger partial charge in [0.15, 0.2) is 0 Å². The average molecular weight is 250 g/mol. The van der Waals surface area contributed by atoms with Crippen LogP contribution < -0.4 is 10.2 Å². The number of aromatic nitrogens is 2. The van der Waals surface area contributed by atoms with Gasteiger partial charge in [-0.1, -0.05) is 0 Å². The molecule has 1 aromatic rings. The van der Waals surface area contributed by atoms with Crippen LogP contribution in [0.4, 0.5) is 5.82 Å². The lowest BCUT2D eigenvalue weighted by atomic mass is 10.2. The first kappa shape index (κ1) is 13.1. The van der Waals surface area contributed by atoms with Crippen molar-refractivity contribution in [3.8, 4) is 0 Å². The van der Waals surface area contributed by atoms with Crippen LogP contribution >= 0.6 is 0 Å². The van der Waals surface area contributed by atoms with Crippen LogP contribution in [0.25, 0.3) is 0 Å². The number of aldehydes is 1. The molecule has 5 nitrogen and oxygen atoms in total. The molecule has 0 spiro atoms. The maximum Gasteiger partial charge on any atom is 0.136 e. The van der Waals surface area contributed by atoms with Gasteiger partial charge in [-0.25, -0.2) is 4.68 Å². The lowest BCUT2D eigenvalue weighted by Crippen LogP contribution is -2.28. The van der Waals surface area contributed by atoms with Gasteiger partial charge in [-0.05, 0) is 26.3 Å². The largest absolute Gasteiger partial charge is 0.363 e. The molecule has 1 fully saturated rings. The predicted octanol–water partition coefficient (Wildman–Crippen LogP) is 1.00. The Hall–Kier alpha value is -1.36. The summed E-state index contributed by atoms with van der Waals surface area (Å²) >= 11 is 0. The average Bonchev–Trinajstić information content (AvgIpc) is 3.11. The second kappa shape index (κ2) is 5.52. The SMILES string of the molecule is CNC(C=O)CCn1nc(C2CC2)cc1N(C)C. The molecular formula is C13H22N4O. The molecule has 0 saturated heterocycles. The zero-order valence-electron chi connectivity index (χ0n) is 11.4. The molecule has 1 saturated carbocycles. The van der Waals surface area contributed by atoms with Crippen LogP contribution in [0.5, 0.6) is 0 Å². The third-order valence-electron chi connectivity index (χ3n) is 3.42. The van der Waals surface area contributed by atoms with Crippen molar-refractivity contribution in [2.24, 2.45) is 0 Å². The third-order valence-corrected chi connectivity index (χ3v) is 3.42. The normalized spacial score (nSPS) is 16.6. The Morgan fingerprint density at radius 2 is 2.33 bits per heavy atom. The number of nitrogens with zero attached hydrogens (tertiary/aromatic N) is 3. The Balaban J connectivity index is 2.07. The van der Waals surface area contributed by atoms with E-state index in [1.54, 1.807) is 0 Å². The van der Waals surface area contributed by atoms with Crippen molar-refractivity contribution < 1.29 is 4.79 Å². The van der Waals surface area contributed by atoms with Crippen molar-refractivity contribution in [2.45, 2.75) is 37.8 Å². The molecule has 5 heteroatoms. The van der Waals surface area contributed by atoms with Gasteiger partial charge in [-0.15, -0.1) is 0 Å². The summed E-state index contributed by atoms with van der Waals surface area (Å²) in [6.45, 7) is 0.768. The smallest absolute Gasteiger partial charge is 0.136 e. The van der Waals surface area contributed by atoms with Gasteiger partial charge in [0.25, 0.3) is 0 Å². The highest BCUT2D eigenvalue weighted by molar-refractivity contribution is 5.57. The zero-order valence-corrected chi connectivity index (χ0v) is 11.4. The standard InChI is InChI=1S/C13H22N4O/c1-14-11(9-18)6-7-17-13(16(2)3)8-12(15-17)10-4-5-10/h8-11,14H,4-7H2,1-3H3. The fraction of sp³-hybridized carbons (Fsp3) is 0.692. The lowest BCUT2D eigenvalue weighted by molar-refractivity contribution is -0.109. The fourth-order valence-electron chi connectivity index (χ4n) is 2.07. The third kappa shape index (κ3) is 2.90. The molecule has 1 atom stereocenters. The highest BCUT2D eigenvalue weighted by atomic mass is 16.1. The number of anilines is 1. The van der Waals surface area contributed by atoms with Gasteiger partial charge in [0.05, 0.1) is 11.7 Å². The molecule has 0 aromatic carbocycles. The monoisotopic (exact) mass is 250 g/mol. The van der Waals surface area contributed by atoms with E-state index in [9.17, 15) is 4.79 Å². The van der Waals surface area contributed by atoms with Crippen LogP contribution in [-0.2, 0) is 11.3 Å². The van der Waals surface area contributed by atoms with Gasteiger partial charge in [0.2, 0.25) is 0 Å². The van der Waals surface area contributed by atoms with Gasteiger partial charge < -0.3 is 15.0 Å². The molecule has 0 radical (unpaired) electrons. The van der Waals surface area contributed by atoms with Crippen molar-refractivity contribution in [3.05, 3.63) is 11.8 Å². The quantitative estimate of drug-likeness (QED) is 0.734. The van der Waals surface area contributed by atoms with E-state index < -0.39 is 0 Å². The predicted molar refractivity (Wildman–Crippen MR) is 72.1 cm³/mol. The van der Waals surface area contributed by atoms with Crippen LogP contribution in [0.15, 0.2) is 6.07 Å². The Morgan fingerprint density at radius 1 is 1.61 bits per heavy atom. The van der Waals surface area contributed by atoms with Crippen LogP contribution in [0.2, 0.25) is 0 Å². The summed E-state index contributed by atoms with van der Waals surface area (Å²) in [7, 11) is 5.86. The highest BCUT2D eigenvalue weighted by Gasteiger charge is 2.27. The van der Waals surface area contributed by atoms with E-state index in [0.717, 1.165) is 25.1 Å². The molecule has 1 aromatic heterocycles. The maximum atomic E-state index is 10.8. The van der Waals surface area contributed by atoms with E-state index >= 15 is 0 Å². The molecule has 0 bridgehead atoms. The minimum atomic E-state index is -0.0893. The number of likely N-dealkylation sites (N-methyl/N-ethyl adjacent to an activating group) is 1. The van der Waals surface area contributed by atoms with E-state index in [1.807, 2.05) is 25.8 Å². The van der Waals surface area contributed by atoms with Crippen LogP contribution in [0, 0.1) is 0 Å². The van der Waals surface area contributed by atoms with Crippen LogP contribution in [0.3, 0.4) is 0 Å². The number of nitrogens with one attached hydrogen (secondary N) is 1. The van der Waals surface area contributed by atoms with Crippen LogP contribution in [0.1, 0.15) is 30.9 Å². The van der Waals surface area contributed by atoms with Crippen molar-refractivity contribution in [1.82, 2.24) is 15.1 Å². The van der Waals surface area contributed by atoms with Crippen LogP contribution in [-0.4, -0.2) is 43.3 Å². The Morgan fingerprint density at radius 3 is 2.83 bits per heavy atom. The summed E-state index contributed by atoms with van der Waals surface area (Å²) < 4.78 is 2.02. The number of carbonyl (C=O) groups excluding carboxylic acids is 1. The summed E-state index contributed by atoms with van der Waals surface area (Å²) in [5.74, 6) is 1.79. The van der Waals surface area contributed by atoms with Crippen molar-refractivity contribution in [3.63, 3.8) is 0 Å². The van der Waals surface area contributed by atoms with Gasteiger partial charge in [0, 0.05) is 32.6 Å². The first-order valence-corrected chi connectivity index (χ1v) is 6.53. The molecule has 1 heterocycles. The summed E-state index contributed by atoms with van der Waals surface area (Å²) in [6, 6.07) is 2.08. The minimum absolute atomic E-state index is 0.0893. The molecule has 1 unspecified atom stereocenters. The number of hydrogen-bond acceptors (Lipinski definition) is 4. The summed E-state index contributed by atoms with van der Waals surface area (Å²) in [5, 5.41) is 7.66. The molecule has 2 rings (SSSR count). The second-order valence-electron chi connectivity index (χ2n) is 5.14. The maximum absolute atomic E-state index is 10.8. The van der Waals surface area contributed by atoms with E-state index in [0.29, 0.717) is 5.92 Å². The minimum Gasteiger partial charge on any atom is -0.363 e. The molecule has 18 heavy (non-hydrogen) atoms. The Bertz CT molecular complexity index is 409. The highest BCUT2D eigenvalue weighted by Crippen LogP contribution is 2.40. The lowest BCUT2D eigenvalue weighted by Gasteiger charge is -2.15. The van der Waals surface area contributed by atoms with Gasteiger partial charge in [0.1, 0.15) is 12.1 Å². The number of hydrogen-bond donors (Lipinski definition) is 1. The van der Waals surface area contributed by atoms with E-state index in [1.165, 1.54) is 18.5 Å². The fourth-order valence-corrected chi connectivity index (χ4v) is 2.07. The van der Waals surface area contributed by atoms with Crippen molar-refractivity contribution in [2.75, 3.05) is 26.0 Å². The number of rotatable bonds is 7. The molecule has 0 aliphatic heterocycles. The number of aryl methyl sites for hydroxylation is 1. The summed E-state index contributed by atoms with van der Waals surface area (Å²) in [6.07, 6.45) is 4.25. The molecule has 100 valence electrons. The van der Waals surface area contributed by atoms with Crippen molar-refractivity contribution in [1.29, 1.82) is 0 Å². The first-order chi connectivity index (χ1) is 8.65. The number of carbonyl (C=O) groups is 1. The second-order valence-corrected chi connectivity index (χ2v) is 5.14. The van der Waals surface area contributed by atoms with E-state index in [4.69, 9.17) is 0 Å². The zero-order chi connectivity index (χ0) is 13.1. The first-order valence-electron chi connectivity index (χ1n) is 6.53. The summed E-state index contributed by atoms with van der Waals surface area (Å²) in [5.41, 5.74) is 1.20. The van der Waals surface area contributed by atoms with E-state index in [-0.39, 0.29) is 6.04 Å². The van der Waals surface area contributed by atoms with Gasteiger partial charge >= 0.3 is 0 Å². The summed E-state index contributed by atoms with van der Waals surface area (Å²) in [4.78, 5) is 12.9. The molecule has 1 aliphatic rings. The topological polar surface area (TPSA) is 50.2 Å². The van der Waals surface area contributed by atoms with Gasteiger partial charge in [-0.3, -0.25) is 0 Å². The van der Waals surface area contributed by atoms with E-state index in [2.05, 4.69) is 21.4 Å². The Kier molecular flexibility index (Phi) is 4.01. The van der Waals surface area contributed by atoms with Crippen molar-refractivity contribution >= 4 is 12.1 Å². The Labute approximate surface area is 108 Å². The van der Waals surface area contributed by atoms with Gasteiger partial charge in [-0.2, -0.15) is 5.10 Å². The molecule has 1 N–H and O–H groups in total.